The third-order valence-corrected chi connectivity index (χ3v) is 3.74. The lowest BCUT2D eigenvalue weighted by molar-refractivity contribution is 0.0912. The van der Waals surface area contributed by atoms with E-state index in [9.17, 15) is 4.79 Å². The molecule has 0 aromatic carbocycles. The van der Waals surface area contributed by atoms with Crippen molar-refractivity contribution in [1.82, 2.24) is 40.2 Å². The van der Waals surface area contributed by atoms with Gasteiger partial charge in [0.25, 0.3) is 0 Å². The van der Waals surface area contributed by atoms with Crippen molar-refractivity contribution in [2.45, 2.75) is 5.16 Å². The number of nitrogens with zero attached hydrogens (tertiary/aromatic N) is 7. The third-order valence-electron chi connectivity index (χ3n) is 2.70. The molecule has 0 aliphatic rings. The molecule has 0 bridgehead atoms. The standard InChI is InChI=1S/C12H12N8O2S/c1-20-7-16-18-12(20)23-5-4-15-10(21)11-17-9(19-22-11)8-6-13-2-3-14-8/h2-3,6-7H,4-5H2,1H3,(H,15,21). The van der Waals surface area contributed by atoms with Gasteiger partial charge in [-0.05, 0) is 0 Å². The van der Waals surface area contributed by atoms with Crippen molar-refractivity contribution in [3.8, 4) is 11.5 Å². The molecule has 118 valence electrons. The second kappa shape index (κ2) is 6.96. The molecule has 23 heavy (non-hydrogen) atoms. The number of hydrogen-bond acceptors (Lipinski definition) is 9. The van der Waals surface area contributed by atoms with E-state index < -0.39 is 5.91 Å². The third kappa shape index (κ3) is 3.69. The molecule has 3 aromatic rings. The second-order valence-corrected chi connectivity index (χ2v) is 5.40. The molecule has 0 saturated carbocycles. The number of rotatable bonds is 6. The van der Waals surface area contributed by atoms with Crippen molar-refractivity contribution in [2.24, 2.45) is 7.05 Å². The van der Waals surface area contributed by atoms with Crippen LogP contribution < -0.4 is 5.32 Å². The Hall–Kier alpha value is -2.82. The van der Waals surface area contributed by atoms with Crippen LogP contribution in [0.1, 0.15) is 10.7 Å². The first-order valence-electron chi connectivity index (χ1n) is 6.59. The van der Waals surface area contributed by atoms with Crippen LogP contribution in [-0.4, -0.2) is 53.1 Å². The Morgan fingerprint density at radius 3 is 3.09 bits per heavy atom. The van der Waals surface area contributed by atoms with Crippen LogP contribution in [0.25, 0.3) is 11.5 Å². The van der Waals surface area contributed by atoms with Gasteiger partial charge in [0.1, 0.15) is 12.0 Å². The number of thioether (sulfide) groups is 1. The molecule has 0 fully saturated rings. The maximum atomic E-state index is 11.9. The highest BCUT2D eigenvalue weighted by atomic mass is 32.2. The molecule has 0 saturated heterocycles. The maximum absolute atomic E-state index is 11.9. The van der Waals surface area contributed by atoms with E-state index in [0.29, 0.717) is 18.0 Å². The highest BCUT2D eigenvalue weighted by Gasteiger charge is 2.16. The Kier molecular flexibility index (Phi) is 4.57. The highest BCUT2D eigenvalue weighted by Crippen LogP contribution is 2.12. The fraction of sp³-hybridized carbons (Fsp3) is 0.250. The number of carbonyl (C=O) groups excluding carboxylic acids is 1. The summed E-state index contributed by atoms with van der Waals surface area (Å²) in [5.41, 5.74) is 0.438. The van der Waals surface area contributed by atoms with Crippen molar-refractivity contribution in [3.05, 3.63) is 30.8 Å². The largest absolute Gasteiger partial charge is 0.347 e. The lowest BCUT2D eigenvalue weighted by atomic mass is 10.4. The van der Waals surface area contributed by atoms with Gasteiger partial charge < -0.3 is 14.4 Å². The summed E-state index contributed by atoms with van der Waals surface area (Å²) in [5, 5.41) is 14.9. The summed E-state index contributed by atoms with van der Waals surface area (Å²) in [4.78, 5) is 23.9. The van der Waals surface area contributed by atoms with Gasteiger partial charge in [-0.1, -0.05) is 16.9 Å². The van der Waals surface area contributed by atoms with E-state index in [1.807, 2.05) is 7.05 Å². The average Bonchev–Trinajstić information content (AvgIpc) is 3.22. The van der Waals surface area contributed by atoms with E-state index in [-0.39, 0.29) is 11.7 Å². The van der Waals surface area contributed by atoms with E-state index >= 15 is 0 Å². The minimum atomic E-state index is -0.439. The molecule has 0 aliphatic carbocycles. The Labute approximate surface area is 134 Å². The molecule has 0 radical (unpaired) electrons. The number of aromatic nitrogens is 7. The van der Waals surface area contributed by atoms with Crippen LogP contribution in [0.3, 0.4) is 0 Å². The first-order valence-corrected chi connectivity index (χ1v) is 7.57. The van der Waals surface area contributed by atoms with Gasteiger partial charge >= 0.3 is 11.8 Å². The molecule has 0 aliphatic heterocycles. The second-order valence-electron chi connectivity index (χ2n) is 4.34. The summed E-state index contributed by atoms with van der Waals surface area (Å²) < 4.78 is 6.73. The first kappa shape index (κ1) is 15.1. The summed E-state index contributed by atoms with van der Waals surface area (Å²) in [6.07, 6.45) is 6.15. The van der Waals surface area contributed by atoms with Crippen molar-refractivity contribution in [1.29, 1.82) is 0 Å². The SMILES string of the molecule is Cn1cnnc1SCCNC(=O)c1nc(-c2cnccn2)no1. The zero-order valence-corrected chi connectivity index (χ0v) is 12.9. The van der Waals surface area contributed by atoms with Gasteiger partial charge in [0.05, 0.1) is 6.20 Å². The van der Waals surface area contributed by atoms with Crippen molar-refractivity contribution < 1.29 is 9.32 Å². The summed E-state index contributed by atoms with van der Waals surface area (Å²) in [6.45, 7) is 0.430. The molecule has 0 spiro atoms. The van der Waals surface area contributed by atoms with Gasteiger partial charge in [-0.3, -0.25) is 9.78 Å². The van der Waals surface area contributed by atoms with Crippen molar-refractivity contribution in [3.63, 3.8) is 0 Å². The normalized spacial score (nSPS) is 10.7. The average molecular weight is 332 g/mol. The fourth-order valence-electron chi connectivity index (χ4n) is 1.62. The molecular formula is C12H12N8O2S. The van der Waals surface area contributed by atoms with Gasteiger partial charge in [-0.25, -0.2) is 4.98 Å². The summed E-state index contributed by atoms with van der Waals surface area (Å²) in [5.74, 6) is 0.306. The molecule has 0 atom stereocenters. The van der Waals surface area contributed by atoms with Gasteiger partial charge in [-0.15, -0.1) is 10.2 Å². The Morgan fingerprint density at radius 2 is 2.35 bits per heavy atom. The van der Waals surface area contributed by atoms with Crippen LogP contribution in [0.15, 0.2) is 34.6 Å². The minimum Gasteiger partial charge on any atom is -0.347 e. The maximum Gasteiger partial charge on any atom is 0.316 e. The highest BCUT2D eigenvalue weighted by molar-refractivity contribution is 7.99. The lowest BCUT2D eigenvalue weighted by Crippen LogP contribution is -2.26. The van der Waals surface area contributed by atoms with Crippen LogP contribution in [0.5, 0.6) is 0 Å². The lowest BCUT2D eigenvalue weighted by Gasteiger charge is -2.01. The number of aryl methyl sites for hydroxylation is 1. The molecular weight excluding hydrogens is 320 g/mol. The first-order chi connectivity index (χ1) is 11.2. The smallest absolute Gasteiger partial charge is 0.316 e. The van der Waals surface area contributed by atoms with Crippen molar-refractivity contribution >= 4 is 17.7 Å². The van der Waals surface area contributed by atoms with Gasteiger partial charge in [0, 0.05) is 31.7 Å². The van der Waals surface area contributed by atoms with Crippen LogP contribution in [0.2, 0.25) is 0 Å². The van der Waals surface area contributed by atoms with E-state index in [0.717, 1.165) is 5.16 Å². The molecule has 3 rings (SSSR count). The Morgan fingerprint density at radius 1 is 1.43 bits per heavy atom. The molecule has 0 unspecified atom stereocenters. The van der Waals surface area contributed by atoms with E-state index in [1.54, 1.807) is 10.9 Å². The molecule has 1 N–H and O–H groups in total. The van der Waals surface area contributed by atoms with Crippen LogP contribution in [0, 0.1) is 0 Å². The minimum absolute atomic E-state index is 0.116. The zero-order valence-electron chi connectivity index (χ0n) is 12.1. The summed E-state index contributed by atoms with van der Waals surface area (Å²) in [6, 6.07) is 0. The Balaban J connectivity index is 1.51. The fourth-order valence-corrected chi connectivity index (χ4v) is 2.36. The number of hydrogen-bond donors (Lipinski definition) is 1. The van der Waals surface area contributed by atoms with Crippen LogP contribution in [0.4, 0.5) is 0 Å². The van der Waals surface area contributed by atoms with Crippen molar-refractivity contribution in [2.75, 3.05) is 12.3 Å². The summed E-state index contributed by atoms with van der Waals surface area (Å²) in [7, 11) is 1.85. The number of carbonyl (C=O) groups is 1. The molecule has 3 aromatic heterocycles. The molecule has 11 heteroatoms. The number of nitrogens with one attached hydrogen (secondary N) is 1. The quantitative estimate of drug-likeness (QED) is 0.497. The van der Waals surface area contributed by atoms with Gasteiger partial charge in [0.2, 0.25) is 5.82 Å². The topological polar surface area (TPSA) is 125 Å². The van der Waals surface area contributed by atoms with E-state index in [4.69, 9.17) is 4.52 Å². The van der Waals surface area contributed by atoms with Crippen LogP contribution >= 0.6 is 11.8 Å². The predicted molar refractivity (Wildman–Crippen MR) is 79.4 cm³/mol. The van der Waals surface area contributed by atoms with E-state index in [2.05, 4.69) is 35.6 Å². The Bertz CT molecular complexity index is 787. The van der Waals surface area contributed by atoms with Crippen LogP contribution in [-0.2, 0) is 7.05 Å². The van der Waals surface area contributed by atoms with Gasteiger partial charge in [-0.2, -0.15) is 4.98 Å². The van der Waals surface area contributed by atoms with E-state index in [1.165, 1.54) is 30.4 Å². The molecule has 10 nitrogen and oxygen atoms in total. The molecule has 1 amide bonds. The number of amides is 1. The predicted octanol–water partition coefficient (Wildman–Crippen LogP) is 0.177. The van der Waals surface area contributed by atoms with Gasteiger partial charge in [0.15, 0.2) is 5.16 Å². The molecule has 3 heterocycles. The monoisotopic (exact) mass is 332 g/mol. The summed E-state index contributed by atoms with van der Waals surface area (Å²) >= 11 is 1.48. The zero-order chi connectivity index (χ0) is 16.1.